The summed E-state index contributed by atoms with van der Waals surface area (Å²) in [5.41, 5.74) is 0.433. The van der Waals surface area contributed by atoms with E-state index in [-0.39, 0.29) is 6.10 Å². The molecule has 1 unspecified atom stereocenters. The van der Waals surface area contributed by atoms with Crippen LogP contribution in [0.4, 0.5) is 0 Å². The standard InChI is InChI=1S/C14H28N2O/c1-14(2,3)11-5-4-7-16(8-6-11)12-9-15-10-13(12)17/h11-13,15,17H,4-10H2,1-3H3/t11?,12-,13-/m0/s1. The summed E-state index contributed by atoms with van der Waals surface area (Å²) in [6.07, 6.45) is 3.75. The molecule has 100 valence electrons. The zero-order valence-corrected chi connectivity index (χ0v) is 11.6. The van der Waals surface area contributed by atoms with Crippen molar-refractivity contribution in [3.63, 3.8) is 0 Å². The minimum Gasteiger partial charge on any atom is -0.390 e. The molecular weight excluding hydrogens is 212 g/mol. The Hall–Kier alpha value is -0.120. The van der Waals surface area contributed by atoms with Gasteiger partial charge in [0.15, 0.2) is 0 Å². The minimum absolute atomic E-state index is 0.166. The summed E-state index contributed by atoms with van der Waals surface area (Å²) in [5.74, 6) is 0.832. The normalized spacial score (nSPS) is 37.1. The van der Waals surface area contributed by atoms with Gasteiger partial charge in [-0.2, -0.15) is 0 Å². The van der Waals surface area contributed by atoms with Gasteiger partial charge in [-0.3, -0.25) is 4.90 Å². The fraction of sp³-hybridized carbons (Fsp3) is 1.00. The Morgan fingerprint density at radius 2 is 1.88 bits per heavy atom. The molecule has 3 heteroatoms. The minimum atomic E-state index is -0.166. The van der Waals surface area contributed by atoms with E-state index in [0.29, 0.717) is 11.5 Å². The van der Waals surface area contributed by atoms with Gasteiger partial charge in [0.1, 0.15) is 0 Å². The van der Waals surface area contributed by atoms with Gasteiger partial charge in [-0.15, -0.1) is 0 Å². The molecule has 0 aromatic rings. The summed E-state index contributed by atoms with van der Waals surface area (Å²) in [7, 11) is 0. The van der Waals surface area contributed by atoms with Gasteiger partial charge in [-0.25, -0.2) is 0 Å². The molecule has 0 spiro atoms. The van der Waals surface area contributed by atoms with Crippen LogP contribution in [-0.2, 0) is 0 Å². The summed E-state index contributed by atoms with van der Waals surface area (Å²) in [4.78, 5) is 2.51. The van der Waals surface area contributed by atoms with Crippen LogP contribution in [0.5, 0.6) is 0 Å². The first-order valence-electron chi connectivity index (χ1n) is 7.11. The van der Waals surface area contributed by atoms with E-state index < -0.39 is 0 Å². The summed E-state index contributed by atoms with van der Waals surface area (Å²) in [5, 5.41) is 13.2. The molecule has 2 fully saturated rings. The molecule has 0 amide bonds. The average molecular weight is 240 g/mol. The summed E-state index contributed by atoms with van der Waals surface area (Å²) >= 11 is 0. The molecule has 0 aromatic carbocycles. The lowest BCUT2D eigenvalue weighted by molar-refractivity contribution is 0.0829. The number of rotatable bonds is 1. The van der Waals surface area contributed by atoms with Crippen LogP contribution in [0.15, 0.2) is 0 Å². The van der Waals surface area contributed by atoms with Gasteiger partial charge >= 0.3 is 0 Å². The molecule has 3 nitrogen and oxygen atoms in total. The second-order valence-corrected chi connectivity index (χ2v) is 6.82. The van der Waals surface area contributed by atoms with Crippen molar-refractivity contribution >= 4 is 0 Å². The second kappa shape index (κ2) is 5.25. The van der Waals surface area contributed by atoms with Crippen molar-refractivity contribution in [2.24, 2.45) is 11.3 Å². The van der Waals surface area contributed by atoms with E-state index >= 15 is 0 Å². The van der Waals surface area contributed by atoms with Crippen molar-refractivity contribution in [1.82, 2.24) is 10.2 Å². The van der Waals surface area contributed by atoms with Gasteiger partial charge in [-0.05, 0) is 43.7 Å². The number of nitrogens with one attached hydrogen (secondary N) is 1. The van der Waals surface area contributed by atoms with E-state index in [2.05, 4.69) is 31.0 Å². The first kappa shape index (κ1) is 13.3. The number of hydrogen-bond donors (Lipinski definition) is 2. The highest BCUT2D eigenvalue weighted by Crippen LogP contribution is 2.34. The van der Waals surface area contributed by atoms with Gasteiger partial charge in [0, 0.05) is 19.1 Å². The van der Waals surface area contributed by atoms with Crippen LogP contribution in [0.25, 0.3) is 0 Å². The highest BCUT2D eigenvalue weighted by molar-refractivity contribution is 4.90. The predicted octanol–water partition coefficient (Wildman–Crippen LogP) is 1.47. The number of nitrogens with zero attached hydrogens (tertiary/aromatic N) is 1. The Morgan fingerprint density at radius 3 is 2.47 bits per heavy atom. The van der Waals surface area contributed by atoms with Gasteiger partial charge in [0.05, 0.1) is 6.10 Å². The molecule has 2 aliphatic heterocycles. The SMILES string of the molecule is CC(C)(C)C1CCCN([C@H]2CNC[C@@H]2O)CC1. The first-order valence-corrected chi connectivity index (χ1v) is 7.11. The third-order valence-electron chi connectivity index (χ3n) is 4.61. The Balaban J connectivity index is 1.91. The van der Waals surface area contributed by atoms with Gasteiger partial charge in [-0.1, -0.05) is 20.8 Å². The molecule has 2 N–H and O–H groups in total. The molecule has 0 saturated carbocycles. The zero-order chi connectivity index (χ0) is 12.5. The second-order valence-electron chi connectivity index (χ2n) is 6.82. The fourth-order valence-electron chi connectivity index (χ4n) is 3.34. The number of aliphatic hydroxyl groups excluding tert-OH is 1. The predicted molar refractivity (Wildman–Crippen MR) is 71.0 cm³/mol. The molecule has 17 heavy (non-hydrogen) atoms. The topological polar surface area (TPSA) is 35.5 Å². The van der Waals surface area contributed by atoms with E-state index in [0.717, 1.165) is 32.1 Å². The maximum Gasteiger partial charge on any atom is 0.0831 e. The van der Waals surface area contributed by atoms with Gasteiger partial charge < -0.3 is 10.4 Å². The van der Waals surface area contributed by atoms with Crippen molar-refractivity contribution in [3.05, 3.63) is 0 Å². The Labute approximate surface area is 106 Å². The van der Waals surface area contributed by atoms with Crippen molar-refractivity contribution in [2.75, 3.05) is 26.2 Å². The zero-order valence-electron chi connectivity index (χ0n) is 11.6. The van der Waals surface area contributed by atoms with Crippen LogP contribution in [0.2, 0.25) is 0 Å². The third-order valence-corrected chi connectivity index (χ3v) is 4.61. The summed E-state index contributed by atoms with van der Waals surface area (Å²) in [6, 6.07) is 0.355. The van der Waals surface area contributed by atoms with Crippen LogP contribution in [0.3, 0.4) is 0 Å². The Kier molecular flexibility index (Phi) is 4.11. The highest BCUT2D eigenvalue weighted by Gasteiger charge is 2.33. The summed E-state index contributed by atoms with van der Waals surface area (Å²) < 4.78 is 0. The largest absolute Gasteiger partial charge is 0.390 e. The fourth-order valence-corrected chi connectivity index (χ4v) is 3.34. The van der Waals surface area contributed by atoms with Crippen LogP contribution < -0.4 is 5.32 Å². The van der Waals surface area contributed by atoms with Gasteiger partial charge in [0.25, 0.3) is 0 Å². The van der Waals surface area contributed by atoms with E-state index in [1.807, 2.05) is 0 Å². The Bertz CT molecular complexity index is 249. The number of hydrogen-bond acceptors (Lipinski definition) is 3. The Morgan fingerprint density at radius 1 is 1.12 bits per heavy atom. The van der Waals surface area contributed by atoms with Crippen molar-refractivity contribution in [3.8, 4) is 0 Å². The molecule has 2 heterocycles. The van der Waals surface area contributed by atoms with Gasteiger partial charge in [0.2, 0.25) is 0 Å². The van der Waals surface area contributed by atoms with Crippen LogP contribution in [-0.4, -0.2) is 48.3 Å². The molecular formula is C14H28N2O. The lowest BCUT2D eigenvalue weighted by atomic mass is 9.77. The monoisotopic (exact) mass is 240 g/mol. The molecule has 2 aliphatic rings. The number of β-amino-alcohol motifs (C(OH)–C–C–N with tert-alkyl or cyclic N) is 1. The third kappa shape index (κ3) is 3.21. The molecule has 0 aromatic heterocycles. The smallest absolute Gasteiger partial charge is 0.0831 e. The molecule has 2 rings (SSSR count). The van der Waals surface area contributed by atoms with E-state index in [9.17, 15) is 5.11 Å². The number of likely N-dealkylation sites (tertiary alicyclic amines) is 1. The van der Waals surface area contributed by atoms with Crippen LogP contribution >= 0.6 is 0 Å². The quantitative estimate of drug-likeness (QED) is 0.728. The van der Waals surface area contributed by atoms with E-state index in [4.69, 9.17) is 0 Å². The molecule has 3 atom stereocenters. The maximum atomic E-state index is 9.95. The highest BCUT2D eigenvalue weighted by atomic mass is 16.3. The van der Waals surface area contributed by atoms with Crippen molar-refractivity contribution < 1.29 is 5.11 Å². The molecule has 2 saturated heterocycles. The summed E-state index contributed by atoms with van der Waals surface area (Å²) in [6.45, 7) is 11.1. The van der Waals surface area contributed by atoms with Crippen LogP contribution in [0.1, 0.15) is 40.0 Å². The average Bonchev–Trinajstić information content (AvgIpc) is 2.53. The number of aliphatic hydroxyl groups is 1. The molecule has 0 aliphatic carbocycles. The van der Waals surface area contributed by atoms with E-state index in [1.165, 1.54) is 19.3 Å². The maximum absolute atomic E-state index is 9.95. The molecule has 0 bridgehead atoms. The molecule has 0 radical (unpaired) electrons. The van der Waals surface area contributed by atoms with Crippen LogP contribution in [0, 0.1) is 11.3 Å². The first-order chi connectivity index (χ1) is 7.98. The lowest BCUT2D eigenvalue weighted by Crippen LogP contribution is -2.43. The van der Waals surface area contributed by atoms with E-state index in [1.54, 1.807) is 0 Å². The lowest BCUT2D eigenvalue weighted by Gasteiger charge is -2.31. The van der Waals surface area contributed by atoms with Crippen molar-refractivity contribution in [2.45, 2.75) is 52.2 Å². The van der Waals surface area contributed by atoms with Crippen molar-refractivity contribution in [1.29, 1.82) is 0 Å².